The minimum absolute atomic E-state index is 0. The average molecular weight is 236 g/mol. The van der Waals surface area contributed by atoms with E-state index in [4.69, 9.17) is 5.73 Å². The van der Waals surface area contributed by atoms with Crippen LogP contribution in [0.2, 0.25) is 0 Å². The zero-order valence-corrected chi connectivity index (χ0v) is 9.43. The molecule has 1 aromatic rings. The van der Waals surface area contributed by atoms with Crippen molar-refractivity contribution in [3.05, 3.63) is 24.5 Å². The first-order valence-corrected chi connectivity index (χ1v) is 4.27. The Labute approximate surface area is 96.5 Å². The van der Waals surface area contributed by atoms with Crippen molar-refractivity contribution in [2.75, 3.05) is 18.0 Å². The van der Waals surface area contributed by atoms with Gasteiger partial charge in [0.15, 0.2) is 0 Å². The van der Waals surface area contributed by atoms with Crippen LogP contribution in [0.1, 0.15) is 6.42 Å². The Kier molecular flexibility index (Phi) is 5.84. The van der Waals surface area contributed by atoms with Crippen molar-refractivity contribution >= 4 is 30.5 Å². The minimum Gasteiger partial charge on any atom is -0.369 e. The highest BCUT2D eigenvalue weighted by Crippen LogP contribution is 2.17. The maximum atomic E-state index is 5.80. The molecular weight excluding hydrogens is 221 g/mol. The van der Waals surface area contributed by atoms with Gasteiger partial charge in [0.1, 0.15) is 0 Å². The molecule has 3 nitrogen and oxygen atoms in total. The SMILES string of the molecule is Cl.Cl.NC1CCN(c2cccnc2)C1. The van der Waals surface area contributed by atoms with Gasteiger partial charge >= 0.3 is 0 Å². The lowest BCUT2D eigenvalue weighted by atomic mass is 10.3. The van der Waals surface area contributed by atoms with Gasteiger partial charge in [-0.3, -0.25) is 4.98 Å². The zero-order valence-electron chi connectivity index (χ0n) is 7.80. The van der Waals surface area contributed by atoms with Gasteiger partial charge in [-0.15, -0.1) is 24.8 Å². The summed E-state index contributed by atoms with van der Waals surface area (Å²) in [5.41, 5.74) is 6.99. The molecule has 2 N–H and O–H groups in total. The number of rotatable bonds is 1. The quantitative estimate of drug-likeness (QED) is 0.802. The molecule has 0 spiro atoms. The summed E-state index contributed by atoms with van der Waals surface area (Å²) in [6, 6.07) is 4.37. The van der Waals surface area contributed by atoms with E-state index >= 15 is 0 Å². The van der Waals surface area contributed by atoms with Crippen LogP contribution in [0.4, 0.5) is 5.69 Å². The Hall–Kier alpha value is -0.510. The standard InChI is InChI=1S/C9H13N3.2ClH/c10-8-3-5-12(7-8)9-2-1-4-11-6-9;;/h1-2,4,6,8H,3,5,7,10H2;2*1H. The summed E-state index contributed by atoms with van der Waals surface area (Å²) in [5.74, 6) is 0. The summed E-state index contributed by atoms with van der Waals surface area (Å²) in [6.45, 7) is 2.03. The number of pyridine rings is 1. The lowest BCUT2D eigenvalue weighted by Crippen LogP contribution is -2.26. The Balaban J connectivity index is 0.000000845. The van der Waals surface area contributed by atoms with Crippen molar-refractivity contribution < 1.29 is 0 Å². The van der Waals surface area contributed by atoms with Crippen LogP contribution < -0.4 is 10.6 Å². The fourth-order valence-electron chi connectivity index (χ4n) is 1.56. The van der Waals surface area contributed by atoms with Gasteiger partial charge in [-0.05, 0) is 18.6 Å². The molecule has 0 aliphatic carbocycles. The van der Waals surface area contributed by atoms with Gasteiger partial charge in [0.2, 0.25) is 0 Å². The molecule has 1 aliphatic rings. The van der Waals surface area contributed by atoms with Crippen LogP contribution in [0.25, 0.3) is 0 Å². The number of anilines is 1. The molecule has 1 aliphatic heterocycles. The second-order valence-electron chi connectivity index (χ2n) is 3.21. The van der Waals surface area contributed by atoms with Crippen LogP contribution in [-0.2, 0) is 0 Å². The molecule has 1 saturated heterocycles. The maximum absolute atomic E-state index is 5.80. The van der Waals surface area contributed by atoms with Crippen LogP contribution in [0, 0.1) is 0 Å². The third kappa shape index (κ3) is 3.01. The summed E-state index contributed by atoms with van der Waals surface area (Å²) in [7, 11) is 0. The molecule has 1 fully saturated rings. The van der Waals surface area contributed by atoms with Crippen LogP contribution in [-0.4, -0.2) is 24.1 Å². The largest absolute Gasteiger partial charge is 0.369 e. The third-order valence-corrected chi connectivity index (χ3v) is 2.24. The second-order valence-corrected chi connectivity index (χ2v) is 3.21. The van der Waals surface area contributed by atoms with Crippen molar-refractivity contribution in [2.45, 2.75) is 12.5 Å². The molecule has 80 valence electrons. The van der Waals surface area contributed by atoms with Gasteiger partial charge < -0.3 is 10.6 Å². The van der Waals surface area contributed by atoms with E-state index in [9.17, 15) is 0 Å². The van der Waals surface area contributed by atoms with E-state index in [2.05, 4.69) is 16.0 Å². The maximum Gasteiger partial charge on any atom is 0.0553 e. The number of halogens is 2. The highest BCUT2D eigenvalue weighted by Gasteiger charge is 2.18. The molecule has 14 heavy (non-hydrogen) atoms. The van der Waals surface area contributed by atoms with Gasteiger partial charge in [-0.2, -0.15) is 0 Å². The van der Waals surface area contributed by atoms with E-state index < -0.39 is 0 Å². The monoisotopic (exact) mass is 235 g/mol. The average Bonchev–Trinajstić information content (AvgIpc) is 2.54. The Morgan fingerprint density at radius 1 is 1.43 bits per heavy atom. The topological polar surface area (TPSA) is 42.1 Å². The number of hydrogen-bond donors (Lipinski definition) is 1. The van der Waals surface area contributed by atoms with Gasteiger partial charge in [0.05, 0.1) is 11.9 Å². The van der Waals surface area contributed by atoms with Crippen LogP contribution in [0.3, 0.4) is 0 Å². The van der Waals surface area contributed by atoms with E-state index in [1.54, 1.807) is 6.20 Å². The number of nitrogens with zero attached hydrogens (tertiary/aromatic N) is 2. The molecule has 0 radical (unpaired) electrons. The first-order chi connectivity index (χ1) is 5.86. The Bertz CT molecular complexity index is 255. The second kappa shape index (κ2) is 6.06. The first kappa shape index (κ1) is 13.5. The van der Waals surface area contributed by atoms with E-state index in [-0.39, 0.29) is 24.8 Å². The number of hydrogen-bond acceptors (Lipinski definition) is 3. The Morgan fingerprint density at radius 2 is 2.21 bits per heavy atom. The molecule has 1 atom stereocenters. The molecule has 0 saturated carbocycles. The lowest BCUT2D eigenvalue weighted by Gasteiger charge is -2.16. The van der Waals surface area contributed by atoms with Gasteiger partial charge in [0, 0.05) is 25.3 Å². The van der Waals surface area contributed by atoms with Crippen molar-refractivity contribution in [1.82, 2.24) is 4.98 Å². The third-order valence-electron chi connectivity index (χ3n) is 2.24. The van der Waals surface area contributed by atoms with Crippen molar-refractivity contribution in [1.29, 1.82) is 0 Å². The van der Waals surface area contributed by atoms with Crippen molar-refractivity contribution in [2.24, 2.45) is 5.73 Å². The summed E-state index contributed by atoms with van der Waals surface area (Å²) in [6.07, 6.45) is 4.77. The Morgan fingerprint density at radius 3 is 2.71 bits per heavy atom. The van der Waals surface area contributed by atoms with Crippen molar-refractivity contribution in [3.63, 3.8) is 0 Å². The predicted octanol–water partition coefficient (Wildman–Crippen LogP) is 1.46. The number of nitrogens with two attached hydrogens (primary N) is 1. The normalized spacial score (nSPS) is 19.8. The summed E-state index contributed by atoms with van der Waals surface area (Å²) >= 11 is 0. The summed E-state index contributed by atoms with van der Waals surface area (Å²) < 4.78 is 0. The predicted molar refractivity (Wildman–Crippen MR) is 63.5 cm³/mol. The zero-order chi connectivity index (χ0) is 8.39. The fraction of sp³-hybridized carbons (Fsp3) is 0.444. The van der Waals surface area contributed by atoms with E-state index in [0.29, 0.717) is 6.04 Å². The van der Waals surface area contributed by atoms with Gasteiger partial charge in [-0.25, -0.2) is 0 Å². The van der Waals surface area contributed by atoms with Crippen LogP contribution in [0.5, 0.6) is 0 Å². The molecule has 0 bridgehead atoms. The molecule has 5 heteroatoms. The smallest absolute Gasteiger partial charge is 0.0553 e. The highest BCUT2D eigenvalue weighted by molar-refractivity contribution is 5.85. The van der Waals surface area contributed by atoms with E-state index in [0.717, 1.165) is 19.5 Å². The van der Waals surface area contributed by atoms with Gasteiger partial charge in [0.25, 0.3) is 0 Å². The molecular formula is C9H15Cl2N3. The van der Waals surface area contributed by atoms with Gasteiger partial charge in [-0.1, -0.05) is 0 Å². The van der Waals surface area contributed by atoms with Crippen LogP contribution in [0.15, 0.2) is 24.5 Å². The molecule has 2 rings (SSSR count). The lowest BCUT2D eigenvalue weighted by molar-refractivity contribution is 0.752. The van der Waals surface area contributed by atoms with Crippen molar-refractivity contribution in [3.8, 4) is 0 Å². The van der Waals surface area contributed by atoms with Crippen LogP contribution >= 0.6 is 24.8 Å². The summed E-state index contributed by atoms with van der Waals surface area (Å²) in [4.78, 5) is 6.35. The highest BCUT2D eigenvalue weighted by atomic mass is 35.5. The molecule has 1 unspecified atom stereocenters. The minimum atomic E-state index is 0. The molecule has 0 amide bonds. The van der Waals surface area contributed by atoms with E-state index in [1.807, 2.05) is 12.3 Å². The number of aromatic nitrogens is 1. The fourth-order valence-corrected chi connectivity index (χ4v) is 1.56. The summed E-state index contributed by atoms with van der Waals surface area (Å²) in [5, 5.41) is 0. The molecule has 2 heterocycles. The first-order valence-electron chi connectivity index (χ1n) is 4.27. The molecule has 0 aromatic carbocycles. The van der Waals surface area contributed by atoms with E-state index in [1.165, 1.54) is 5.69 Å². The molecule has 1 aromatic heterocycles.